The Kier molecular flexibility index (Phi) is 7.92. The van der Waals surface area contributed by atoms with Gasteiger partial charge in [-0.05, 0) is 19.1 Å². The summed E-state index contributed by atoms with van der Waals surface area (Å²) in [6.07, 6.45) is 0. The molecule has 1 fully saturated rings. The van der Waals surface area contributed by atoms with Crippen LogP contribution in [0, 0.1) is 6.92 Å². The van der Waals surface area contributed by atoms with Crippen LogP contribution < -0.4 is 10.6 Å². The van der Waals surface area contributed by atoms with E-state index < -0.39 is 5.60 Å². The molecular weight excluding hydrogens is 351 g/mol. The molecule has 1 aromatic heterocycles. The van der Waals surface area contributed by atoms with E-state index >= 15 is 0 Å². The van der Waals surface area contributed by atoms with Crippen LogP contribution in [0.4, 0.5) is 0 Å². The molecule has 1 saturated heterocycles. The molecule has 2 aromatic rings. The average molecular weight is 377 g/mol. The number of benzene rings is 1. The van der Waals surface area contributed by atoms with E-state index in [2.05, 4.69) is 40.9 Å². The number of nitrogens with one attached hydrogen (secondary N) is 2. The number of β-amino-alcohol motifs (C(OH)–C–C–N with tert-alkyl or cyclic N) is 1. The molecule has 1 atom stereocenters. The number of aliphatic hydroxyl groups is 1. The maximum absolute atomic E-state index is 10.5. The van der Waals surface area contributed by atoms with E-state index in [-0.39, 0.29) is 24.8 Å². The summed E-state index contributed by atoms with van der Waals surface area (Å²) in [5.74, 6) is 0. The first-order valence-corrected chi connectivity index (χ1v) is 7.71. The van der Waals surface area contributed by atoms with E-state index in [1.54, 1.807) is 0 Å². The van der Waals surface area contributed by atoms with Gasteiger partial charge in [-0.15, -0.1) is 24.8 Å². The number of nitrogens with zero attached hydrogens (tertiary/aromatic N) is 2. The van der Waals surface area contributed by atoms with Crippen LogP contribution in [0.25, 0.3) is 10.9 Å². The second-order valence-corrected chi connectivity index (χ2v) is 6.15. The fraction of sp³-hybridized carbons (Fsp3) is 0.562. The summed E-state index contributed by atoms with van der Waals surface area (Å²) < 4.78 is 7.33. The molecule has 2 heterocycles. The molecule has 1 aliphatic heterocycles. The minimum absolute atomic E-state index is 0. The van der Waals surface area contributed by atoms with Gasteiger partial charge in [-0.2, -0.15) is 5.10 Å². The van der Waals surface area contributed by atoms with Gasteiger partial charge in [0.25, 0.3) is 0 Å². The number of aromatic nitrogens is 2. The fourth-order valence-corrected chi connectivity index (χ4v) is 2.89. The molecular formula is C16H26Cl2N4O2. The highest BCUT2D eigenvalue weighted by molar-refractivity contribution is 5.85. The lowest BCUT2D eigenvalue weighted by atomic mass is 10.1. The van der Waals surface area contributed by atoms with Gasteiger partial charge in [0, 0.05) is 38.6 Å². The number of hydrogen-bond donors (Lipinski definition) is 3. The van der Waals surface area contributed by atoms with Crippen molar-refractivity contribution in [1.29, 1.82) is 0 Å². The van der Waals surface area contributed by atoms with Crippen molar-refractivity contribution in [2.24, 2.45) is 7.05 Å². The van der Waals surface area contributed by atoms with Crippen LogP contribution in [0.3, 0.4) is 0 Å². The summed E-state index contributed by atoms with van der Waals surface area (Å²) in [7, 11) is 1.96. The molecule has 1 aromatic carbocycles. The molecule has 8 heteroatoms. The Hall–Kier alpha value is -0.890. The van der Waals surface area contributed by atoms with E-state index in [4.69, 9.17) is 4.74 Å². The summed E-state index contributed by atoms with van der Waals surface area (Å²) in [5, 5.41) is 22.8. The van der Waals surface area contributed by atoms with Crippen molar-refractivity contribution in [3.63, 3.8) is 0 Å². The lowest BCUT2D eigenvalue weighted by molar-refractivity contribution is -0.0264. The normalized spacial score (nSPS) is 21.0. The number of fused-ring (bicyclic) bond motifs is 1. The topological polar surface area (TPSA) is 71.3 Å². The number of hydrogen-bond acceptors (Lipinski definition) is 5. The molecule has 0 bridgehead atoms. The second-order valence-electron chi connectivity index (χ2n) is 6.15. The monoisotopic (exact) mass is 376 g/mol. The van der Waals surface area contributed by atoms with Crippen molar-refractivity contribution in [2.75, 3.05) is 32.8 Å². The van der Waals surface area contributed by atoms with Crippen LogP contribution in [0.5, 0.6) is 0 Å². The molecule has 3 N–H and O–H groups in total. The first kappa shape index (κ1) is 21.2. The van der Waals surface area contributed by atoms with Gasteiger partial charge in [0.05, 0.1) is 24.4 Å². The van der Waals surface area contributed by atoms with Crippen LogP contribution in [0.15, 0.2) is 18.2 Å². The number of aryl methyl sites for hydroxylation is 2. The Bertz CT molecular complexity index is 655. The summed E-state index contributed by atoms with van der Waals surface area (Å²) in [6.45, 7) is 5.52. The fourth-order valence-electron chi connectivity index (χ4n) is 2.89. The first-order valence-electron chi connectivity index (χ1n) is 7.71. The zero-order valence-corrected chi connectivity index (χ0v) is 15.7. The van der Waals surface area contributed by atoms with E-state index in [0.29, 0.717) is 32.8 Å². The van der Waals surface area contributed by atoms with Crippen molar-refractivity contribution < 1.29 is 9.84 Å². The predicted molar refractivity (Wildman–Crippen MR) is 100 cm³/mol. The highest BCUT2D eigenvalue weighted by Crippen LogP contribution is 2.19. The minimum Gasteiger partial charge on any atom is -0.385 e. The zero-order valence-electron chi connectivity index (χ0n) is 14.0. The van der Waals surface area contributed by atoms with Gasteiger partial charge in [0.2, 0.25) is 0 Å². The standard InChI is InChI=1S/C16H24N4O2.2ClH/c1-12-3-4-15-13(7-12)14(19-20(15)2)8-18-10-16(21)9-17-5-6-22-11-16;;/h3-4,7,17-18,21H,5-6,8-11H2,1-2H3;2*1H. The SMILES string of the molecule is Cc1ccc2c(c1)c(CNCC1(O)CNCCOC1)nn2C.Cl.Cl. The molecule has 6 nitrogen and oxygen atoms in total. The predicted octanol–water partition coefficient (Wildman–Crippen LogP) is 1.17. The van der Waals surface area contributed by atoms with E-state index in [1.165, 1.54) is 5.56 Å². The lowest BCUT2D eigenvalue weighted by Gasteiger charge is -2.25. The number of rotatable bonds is 4. The lowest BCUT2D eigenvalue weighted by Crippen LogP contribution is -2.50. The van der Waals surface area contributed by atoms with Crippen molar-refractivity contribution in [2.45, 2.75) is 19.1 Å². The molecule has 24 heavy (non-hydrogen) atoms. The van der Waals surface area contributed by atoms with Gasteiger partial charge >= 0.3 is 0 Å². The third-order valence-corrected chi connectivity index (χ3v) is 4.08. The van der Waals surface area contributed by atoms with Gasteiger partial charge in [-0.3, -0.25) is 4.68 Å². The van der Waals surface area contributed by atoms with Crippen LogP contribution in [-0.2, 0) is 18.3 Å². The van der Waals surface area contributed by atoms with Gasteiger partial charge in [0.1, 0.15) is 5.60 Å². The number of ether oxygens (including phenoxy) is 1. The molecule has 0 amide bonds. The molecule has 136 valence electrons. The Morgan fingerprint density at radius 2 is 2.21 bits per heavy atom. The van der Waals surface area contributed by atoms with Crippen LogP contribution in [0.2, 0.25) is 0 Å². The molecule has 3 rings (SSSR count). The highest BCUT2D eigenvalue weighted by atomic mass is 35.5. The molecule has 0 aliphatic carbocycles. The van der Waals surface area contributed by atoms with Crippen molar-refractivity contribution in [3.8, 4) is 0 Å². The molecule has 0 spiro atoms. The summed E-state index contributed by atoms with van der Waals surface area (Å²) in [4.78, 5) is 0. The zero-order chi connectivity index (χ0) is 15.6. The molecule has 0 saturated carbocycles. The van der Waals surface area contributed by atoms with Crippen molar-refractivity contribution >= 4 is 35.7 Å². The van der Waals surface area contributed by atoms with Gasteiger partial charge in [-0.25, -0.2) is 0 Å². The Balaban J connectivity index is 0.00000144. The average Bonchev–Trinajstić information content (AvgIpc) is 2.65. The van der Waals surface area contributed by atoms with Crippen molar-refractivity contribution in [3.05, 3.63) is 29.5 Å². The van der Waals surface area contributed by atoms with E-state index in [1.807, 2.05) is 11.7 Å². The molecule has 1 aliphatic rings. The minimum atomic E-state index is -0.864. The molecule has 1 unspecified atom stereocenters. The second kappa shape index (κ2) is 8.99. The third-order valence-electron chi connectivity index (χ3n) is 4.08. The van der Waals surface area contributed by atoms with Crippen LogP contribution in [-0.4, -0.2) is 53.3 Å². The van der Waals surface area contributed by atoms with E-state index in [0.717, 1.165) is 23.1 Å². The van der Waals surface area contributed by atoms with Gasteiger partial charge in [0.15, 0.2) is 0 Å². The summed E-state index contributed by atoms with van der Waals surface area (Å²) in [6, 6.07) is 6.35. The first-order chi connectivity index (χ1) is 10.6. The van der Waals surface area contributed by atoms with Gasteiger partial charge in [-0.1, -0.05) is 11.6 Å². The van der Waals surface area contributed by atoms with Crippen LogP contribution >= 0.6 is 24.8 Å². The third kappa shape index (κ3) is 4.81. The largest absolute Gasteiger partial charge is 0.385 e. The van der Waals surface area contributed by atoms with Gasteiger partial charge < -0.3 is 20.5 Å². The highest BCUT2D eigenvalue weighted by Gasteiger charge is 2.28. The Labute approximate surface area is 154 Å². The summed E-state index contributed by atoms with van der Waals surface area (Å²) >= 11 is 0. The molecule has 0 radical (unpaired) electrons. The van der Waals surface area contributed by atoms with Crippen molar-refractivity contribution in [1.82, 2.24) is 20.4 Å². The maximum atomic E-state index is 10.5. The smallest absolute Gasteiger partial charge is 0.113 e. The Morgan fingerprint density at radius 1 is 1.42 bits per heavy atom. The Morgan fingerprint density at radius 3 is 3.00 bits per heavy atom. The number of halogens is 2. The van der Waals surface area contributed by atoms with Crippen LogP contribution in [0.1, 0.15) is 11.3 Å². The quantitative estimate of drug-likeness (QED) is 0.746. The maximum Gasteiger partial charge on any atom is 0.113 e. The van der Waals surface area contributed by atoms with E-state index in [9.17, 15) is 5.11 Å². The summed E-state index contributed by atoms with van der Waals surface area (Å²) in [5.41, 5.74) is 2.49.